The van der Waals surface area contributed by atoms with Crippen LogP contribution in [-0.2, 0) is 19.1 Å². The molecule has 0 amide bonds. The predicted octanol–water partition coefficient (Wildman–Crippen LogP) is 3.72. The summed E-state index contributed by atoms with van der Waals surface area (Å²) < 4.78 is 5.46. The summed E-state index contributed by atoms with van der Waals surface area (Å²) in [5, 5.41) is 0. The first-order chi connectivity index (χ1) is 11.3. The maximum atomic E-state index is 12.5. The number of ketones is 2. The molecule has 0 radical (unpaired) electrons. The molecular weight excluding hydrogens is 304 g/mol. The molecule has 1 aliphatic carbocycles. The number of fused-ring (bicyclic) bond motifs is 1. The van der Waals surface area contributed by atoms with Crippen LogP contribution in [0.25, 0.3) is 0 Å². The number of esters is 1. The van der Waals surface area contributed by atoms with Gasteiger partial charge in [0, 0.05) is 24.3 Å². The van der Waals surface area contributed by atoms with Crippen LogP contribution in [0.5, 0.6) is 0 Å². The Hall–Kier alpha value is -1.97. The number of carbonyl (C=O) groups is 3. The Bertz CT molecular complexity index is 634. The first kappa shape index (κ1) is 18.4. The topological polar surface area (TPSA) is 60.4 Å². The van der Waals surface area contributed by atoms with Gasteiger partial charge in [0.05, 0.1) is 0 Å². The molecule has 0 N–H and O–H groups in total. The molecule has 2 atom stereocenters. The van der Waals surface area contributed by atoms with Gasteiger partial charge in [-0.3, -0.25) is 9.59 Å². The van der Waals surface area contributed by atoms with Crippen LogP contribution in [0.4, 0.5) is 0 Å². The van der Waals surface area contributed by atoms with E-state index in [0.717, 1.165) is 24.0 Å². The molecule has 0 saturated heterocycles. The molecule has 0 fully saturated rings. The minimum absolute atomic E-state index is 0.0697. The maximum absolute atomic E-state index is 12.5. The third-order valence-corrected chi connectivity index (χ3v) is 4.77. The molecule has 1 heterocycles. The number of allylic oxidation sites excluding steroid dienone is 4. The average molecular weight is 330 g/mol. The van der Waals surface area contributed by atoms with Crippen molar-refractivity contribution in [1.82, 2.24) is 0 Å². The van der Waals surface area contributed by atoms with Crippen LogP contribution in [0.1, 0.15) is 53.4 Å². The zero-order valence-electron chi connectivity index (χ0n) is 14.9. The Balaban J connectivity index is 2.35. The van der Waals surface area contributed by atoms with Crippen molar-refractivity contribution < 1.29 is 19.1 Å². The van der Waals surface area contributed by atoms with Gasteiger partial charge in [-0.05, 0) is 50.3 Å². The van der Waals surface area contributed by atoms with Gasteiger partial charge in [-0.25, -0.2) is 4.79 Å². The first-order valence-electron chi connectivity index (χ1n) is 8.59. The highest BCUT2D eigenvalue weighted by Gasteiger charge is 2.35. The lowest BCUT2D eigenvalue weighted by molar-refractivity contribution is -0.143. The van der Waals surface area contributed by atoms with E-state index in [0.29, 0.717) is 12.0 Å². The van der Waals surface area contributed by atoms with Crippen LogP contribution in [0.3, 0.4) is 0 Å². The fraction of sp³-hybridized carbons (Fsp3) is 0.550. The maximum Gasteiger partial charge on any atom is 0.334 e. The van der Waals surface area contributed by atoms with E-state index in [-0.39, 0.29) is 29.8 Å². The summed E-state index contributed by atoms with van der Waals surface area (Å²) in [4.78, 5) is 36.7. The van der Waals surface area contributed by atoms with Gasteiger partial charge in [-0.15, -0.1) is 0 Å². The zero-order valence-corrected chi connectivity index (χ0v) is 14.9. The predicted molar refractivity (Wildman–Crippen MR) is 92.3 cm³/mol. The summed E-state index contributed by atoms with van der Waals surface area (Å²) >= 11 is 0. The van der Waals surface area contributed by atoms with Crippen molar-refractivity contribution in [3.8, 4) is 0 Å². The van der Waals surface area contributed by atoms with Gasteiger partial charge in [0.1, 0.15) is 6.10 Å². The SMILES string of the molecule is C/C1=C/C(=O)CC2=C[C@@H](OC2=O)[C@H](C(C)C)CC(=O)/C(C)=C/CC1. The van der Waals surface area contributed by atoms with Gasteiger partial charge in [0.25, 0.3) is 0 Å². The summed E-state index contributed by atoms with van der Waals surface area (Å²) in [6.07, 6.45) is 6.74. The van der Waals surface area contributed by atoms with Crippen LogP contribution < -0.4 is 0 Å². The van der Waals surface area contributed by atoms with Gasteiger partial charge in [0.2, 0.25) is 0 Å². The summed E-state index contributed by atoms with van der Waals surface area (Å²) in [5.41, 5.74) is 2.11. The normalized spacial score (nSPS) is 30.9. The molecule has 0 aromatic heterocycles. The van der Waals surface area contributed by atoms with Crippen molar-refractivity contribution in [2.45, 2.75) is 59.5 Å². The lowest BCUT2D eigenvalue weighted by Crippen LogP contribution is -2.28. The molecule has 4 nitrogen and oxygen atoms in total. The van der Waals surface area contributed by atoms with Gasteiger partial charge in [-0.1, -0.05) is 25.5 Å². The second-order valence-corrected chi connectivity index (χ2v) is 7.16. The monoisotopic (exact) mass is 330 g/mol. The molecule has 4 heteroatoms. The lowest BCUT2D eigenvalue weighted by Gasteiger charge is -2.24. The van der Waals surface area contributed by atoms with Crippen molar-refractivity contribution in [3.63, 3.8) is 0 Å². The Labute approximate surface area is 143 Å². The van der Waals surface area contributed by atoms with Crippen LogP contribution in [0.15, 0.2) is 34.9 Å². The lowest BCUT2D eigenvalue weighted by atomic mass is 9.84. The summed E-state index contributed by atoms with van der Waals surface area (Å²) in [6.45, 7) is 7.78. The Kier molecular flexibility index (Phi) is 5.92. The number of hydrogen-bond acceptors (Lipinski definition) is 4. The van der Waals surface area contributed by atoms with Crippen molar-refractivity contribution in [2.24, 2.45) is 11.8 Å². The summed E-state index contributed by atoms with van der Waals surface area (Å²) in [5.74, 6) is -0.286. The fourth-order valence-electron chi connectivity index (χ4n) is 3.16. The largest absolute Gasteiger partial charge is 0.454 e. The zero-order chi connectivity index (χ0) is 17.9. The molecule has 130 valence electrons. The van der Waals surface area contributed by atoms with Crippen LogP contribution >= 0.6 is 0 Å². The van der Waals surface area contributed by atoms with E-state index in [2.05, 4.69) is 0 Å². The van der Waals surface area contributed by atoms with E-state index in [1.165, 1.54) is 0 Å². The summed E-state index contributed by atoms with van der Waals surface area (Å²) in [7, 11) is 0. The first-order valence-corrected chi connectivity index (χ1v) is 8.59. The van der Waals surface area contributed by atoms with Crippen molar-refractivity contribution in [3.05, 3.63) is 34.9 Å². The minimum atomic E-state index is -0.431. The van der Waals surface area contributed by atoms with Gasteiger partial charge in [-0.2, -0.15) is 0 Å². The Morgan fingerprint density at radius 1 is 1.17 bits per heavy atom. The van der Waals surface area contributed by atoms with Gasteiger partial charge in [0.15, 0.2) is 11.6 Å². The number of carbonyl (C=O) groups excluding carboxylic acids is 3. The van der Waals surface area contributed by atoms with Crippen molar-refractivity contribution in [1.29, 1.82) is 0 Å². The fourth-order valence-corrected chi connectivity index (χ4v) is 3.16. The van der Waals surface area contributed by atoms with E-state index in [1.807, 2.05) is 33.8 Å². The number of hydrogen-bond donors (Lipinski definition) is 0. The molecule has 0 aromatic rings. The Morgan fingerprint density at radius 2 is 1.88 bits per heavy atom. The molecule has 0 saturated carbocycles. The van der Waals surface area contributed by atoms with Crippen LogP contribution in [-0.4, -0.2) is 23.6 Å². The smallest absolute Gasteiger partial charge is 0.334 e. The highest BCUT2D eigenvalue weighted by molar-refractivity contribution is 6.01. The number of rotatable bonds is 1. The second kappa shape index (κ2) is 7.73. The average Bonchev–Trinajstić information content (AvgIpc) is 2.83. The highest BCUT2D eigenvalue weighted by Crippen LogP contribution is 2.31. The standard InChI is InChI=1S/C20H26O4/c1-12(2)17-11-18(22)14(4)7-5-6-13(3)8-16(21)9-15-10-19(17)24-20(15)23/h7-8,10,12,17,19H,5-6,9,11H2,1-4H3/b13-8-,14-7+/t17-,19+/m0/s1. The Morgan fingerprint density at radius 3 is 2.54 bits per heavy atom. The second-order valence-electron chi connectivity index (χ2n) is 7.16. The van der Waals surface area contributed by atoms with Crippen LogP contribution in [0.2, 0.25) is 0 Å². The molecule has 1 aliphatic heterocycles. The molecule has 0 aromatic carbocycles. The molecule has 0 spiro atoms. The molecule has 24 heavy (non-hydrogen) atoms. The summed E-state index contributed by atoms with van der Waals surface area (Å²) in [6, 6.07) is 0. The molecule has 2 rings (SSSR count). The van der Waals surface area contributed by atoms with E-state index < -0.39 is 12.1 Å². The minimum Gasteiger partial charge on any atom is -0.454 e. The van der Waals surface area contributed by atoms with Crippen LogP contribution in [0, 0.1) is 11.8 Å². The quantitative estimate of drug-likeness (QED) is 0.688. The number of ether oxygens (including phenoxy) is 1. The number of Topliss-reactive ketones (excluding diaryl/α,β-unsaturated/α-hetero) is 1. The van der Waals surface area contributed by atoms with E-state index >= 15 is 0 Å². The molecule has 2 bridgehead atoms. The van der Waals surface area contributed by atoms with E-state index in [9.17, 15) is 14.4 Å². The van der Waals surface area contributed by atoms with Gasteiger partial charge < -0.3 is 4.74 Å². The van der Waals surface area contributed by atoms with E-state index in [4.69, 9.17) is 4.74 Å². The molecule has 0 unspecified atom stereocenters. The molecular formula is C20H26O4. The van der Waals surface area contributed by atoms with E-state index in [1.54, 1.807) is 12.2 Å². The highest BCUT2D eigenvalue weighted by atomic mass is 16.5. The molecule has 2 aliphatic rings. The third-order valence-electron chi connectivity index (χ3n) is 4.77. The van der Waals surface area contributed by atoms with Crippen molar-refractivity contribution in [2.75, 3.05) is 0 Å². The van der Waals surface area contributed by atoms with Crippen molar-refractivity contribution >= 4 is 17.5 Å². The third kappa shape index (κ3) is 4.53. The van der Waals surface area contributed by atoms with Gasteiger partial charge >= 0.3 is 5.97 Å².